The molecule has 0 aliphatic carbocycles. The maximum atomic E-state index is 6.21. The first-order valence-electron chi connectivity index (χ1n) is 7.21. The van der Waals surface area contributed by atoms with Crippen LogP contribution in [0.5, 0.6) is 0 Å². The molecule has 114 valence electrons. The Morgan fingerprint density at radius 3 is 2.62 bits per heavy atom. The van der Waals surface area contributed by atoms with Crippen LogP contribution >= 0.6 is 11.6 Å². The highest BCUT2D eigenvalue weighted by Crippen LogP contribution is 2.19. The smallest absolute Gasteiger partial charge is 0.0628 e. The van der Waals surface area contributed by atoms with Gasteiger partial charge in [0, 0.05) is 23.8 Å². The molecule has 0 bridgehead atoms. The molecule has 2 rings (SSSR count). The van der Waals surface area contributed by atoms with Gasteiger partial charge in [0.25, 0.3) is 0 Å². The Hall–Kier alpha value is -1.36. The molecule has 1 aromatic carbocycles. The SMILES string of the molecule is Cc1nn(C)c(C)c1CCC(Cc1ccccc1Cl)NN. The van der Waals surface area contributed by atoms with Crippen molar-refractivity contribution >= 4 is 11.6 Å². The predicted molar refractivity (Wildman–Crippen MR) is 87.3 cm³/mol. The average Bonchev–Trinajstić information content (AvgIpc) is 2.71. The average molecular weight is 307 g/mol. The Bertz CT molecular complexity index is 606. The van der Waals surface area contributed by atoms with Crippen molar-refractivity contribution in [2.45, 2.75) is 39.2 Å². The van der Waals surface area contributed by atoms with Crippen molar-refractivity contribution in [3.63, 3.8) is 0 Å². The molecule has 4 nitrogen and oxygen atoms in total. The van der Waals surface area contributed by atoms with Crippen LogP contribution in [0.1, 0.15) is 28.9 Å². The van der Waals surface area contributed by atoms with Crippen LogP contribution in [-0.2, 0) is 19.9 Å². The van der Waals surface area contributed by atoms with E-state index in [9.17, 15) is 0 Å². The molecule has 21 heavy (non-hydrogen) atoms. The van der Waals surface area contributed by atoms with E-state index >= 15 is 0 Å². The van der Waals surface area contributed by atoms with Gasteiger partial charge in [-0.2, -0.15) is 5.10 Å². The Morgan fingerprint density at radius 2 is 2.05 bits per heavy atom. The number of hydrazine groups is 1. The molecule has 1 heterocycles. The van der Waals surface area contributed by atoms with E-state index in [1.165, 1.54) is 11.3 Å². The Kier molecular flexibility index (Phi) is 5.39. The molecule has 2 aromatic rings. The molecule has 0 aliphatic rings. The fraction of sp³-hybridized carbons (Fsp3) is 0.438. The van der Waals surface area contributed by atoms with Crippen molar-refractivity contribution in [1.29, 1.82) is 0 Å². The Labute approximate surface area is 131 Å². The summed E-state index contributed by atoms with van der Waals surface area (Å²) in [4.78, 5) is 0. The first-order chi connectivity index (χ1) is 10.0. The summed E-state index contributed by atoms with van der Waals surface area (Å²) in [5.41, 5.74) is 7.67. The molecular weight excluding hydrogens is 284 g/mol. The molecular formula is C16H23ClN4. The first kappa shape index (κ1) is 16.0. The predicted octanol–water partition coefficient (Wildman–Crippen LogP) is 2.70. The number of nitrogens with two attached hydrogens (primary N) is 1. The summed E-state index contributed by atoms with van der Waals surface area (Å²) in [5.74, 6) is 5.70. The van der Waals surface area contributed by atoms with Gasteiger partial charge in [-0.3, -0.25) is 16.0 Å². The normalized spacial score (nSPS) is 12.6. The van der Waals surface area contributed by atoms with Gasteiger partial charge in [-0.15, -0.1) is 0 Å². The van der Waals surface area contributed by atoms with Crippen LogP contribution in [0.4, 0.5) is 0 Å². The zero-order chi connectivity index (χ0) is 15.4. The van der Waals surface area contributed by atoms with Gasteiger partial charge in [0.1, 0.15) is 0 Å². The lowest BCUT2D eigenvalue weighted by Gasteiger charge is -2.17. The van der Waals surface area contributed by atoms with E-state index in [1.54, 1.807) is 0 Å². The number of aromatic nitrogens is 2. The zero-order valence-electron chi connectivity index (χ0n) is 12.9. The van der Waals surface area contributed by atoms with Gasteiger partial charge in [-0.05, 0) is 50.3 Å². The van der Waals surface area contributed by atoms with E-state index in [0.29, 0.717) is 0 Å². The highest BCUT2D eigenvalue weighted by Gasteiger charge is 2.14. The van der Waals surface area contributed by atoms with Crippen LogP contribution in [0.25, 0.3) is 0 Å². The molecule has 0 amide bonds. The van der Waals surface area contributed by atoms with Crippen LogP contribution in [0.2, 0.25) is 5.02 Å². The number of rotatable bonds is 6. The van der Waals surface area contributed by atoms with E-state index in [2.05, 4.69) is 24.4 Å². The summed E-state index contributed by atoms with van der Waals surface area (Å²) in [6.45, 7) is 4.16. The van der Waals surface area contributed by atoms with Gasteiger partial charge in [0.05, 0.1) is 5.69 Å². The summed E-state index contributed by atoms with van der Waals surface area (Å²) in [6, 6.07) is 8.11. The van der Waals surface area contributed by atoms with E-state index < -0.39 is 0 Å². The summed E-state index contributed by atoms with van der Waals surface area (Å²) in [7, 11) is 1.98. The van der Waals surface area contributed by atoms with Gasteiger partial charge in [-0.25, -0.2) is 0 Å². The van der Waals surface area contributed by atoms with Gasteiger partial charge in [-0.1, -0.05) is 29.8 Å². The number of benzene rings is 1. The van der Waals surface area contributed by atoms with Crippen molar-refractivity contribution in [2.75, 3.05) is 0 Å². The van der Waals surface area contributed by atoms with Crippen LogP contribution in [0.15, 0.2) is 24.3 Å². The number of hydrogen-bond donors (Lipinski definition) is 2. The lowest BCUT2D eigenvalue weighted by atomic mass is 9.98. The second-order valence-electron chi connectivity index (χ2n) is 5.47. The molecule has 1 aromatic heterocycles. The standard InChI is InChI=1S/C16H23ClN4/c1-11-15(12(2)21(3)20-11)9-8-14(19-18)10-13-6-4-5-7-16(13)17/h4-7,14,19H,8-10,18H2,1-3H3. The van der Waals surface area contributed by atoms with Gasteiger partial charge < -0.3 is 0 Å². The fourth-order valence-corrected chi connectivity index (χ4v) is 2.88. The lowest BCUT2D eigenvalue weighted by molar-refractivity contribution is 0.490. The van der Waals surface area contributed by atoms with Crippen LogP contribution in [0, 0.1) is 13.8 Å². The van der Waals surface area contributed by atoms with Crippen molar-refractivity contribution in [2.24, 2.45) is 12.9 Å². The van der Waals surface area contributed by atoms with Gasteiger partial charge >= 0.3 is 0 Å². The molecule has 1 unspecified atom stereocenters. The second kappa shape index (κ2) is 7.07. The summed E-state index contributed by atoms with van der Waals surface area (Å²) in [6.07, 6.45) is 2.74. The van der Waals surface area contributed by atoms with E-state index in [1.807, 2.05) is 36.0 Å². The summed E-state index contributed by atoms with van der Waals surface area (Å²) < 4.78 is 1.93. The first-order valence-corrected chi connectivity index (χ1v) is 7.59. The second-order valence-corrected chi connectivity index (χ2v) is 5.88. The summed E-state index contributed by atoms with van der Waals surface area (Å²) in [5, 5.41) is 5.25. The maximum Gasteiger partial charge on any atom is 0.0628 e. The Morgan fingerprint density at radius 1 is 1.33 bits per heavy atom. The van der Waals surface area contributed by atoms with Crippen LogP contribution < -0.4 is 11.3 Å². The van der Waals surface area contributed by atoms with Crippen molar-refractivity contribution in [3.05, 3.63) is 51.8 Å². The molecule has 0 radical (unpaired) electrons. The minimum Gasteiger partial charge on any atom is -0.272 e. The van der Waals surface area contributed by atoms with Gasteiger partial charge in [0.2, 0.25) is 0 Å². The van der Waals surface area contributed by atoms with Crippen LogP contribution in [-0.4, -0.2) is 15.8 Å². The molecule has 5 heteroatoms. The Balaban J connectivity index is 2.01. The molecule has 1 atom stereocenters. The largest absolute Gasteiger partial charge is 0.272 e. The highest BCUT2D eigenvalue weighted by atomic mass is 35.5. The highest BCUT2D eigenvalue weighted by molar-refractivity contribution is 6.31. The monoisotopic (exact) mass is 306 g/mol. The van der Waals surface area contributed by atoms with Crippen LogP contribution in [0.3, 0.4) is 0 Å². The van der Waals surface area contributed by atoms with Crippen molar-refractivity contribution in [1.82, 2.24) is 15.2 Å². The van der Waals surface area contributed by atoms with E-state index in [-0.39, 0.29) is 6.04 Å². The minimum absolute atomic E-state index is 0.198. The third kappa shape index (κ3) is 3.84. The van der Waals surface area contributed by atoms with Gasteiger partial charge in [0.15, 0.2) is 0 Å². The summed E-state index contributed by atoms with van der Waals surface area (Å²) >= 11 is 6.21. The molecule has 0 fully saturated rings. The molecule has 0 saturated heterocycles. The van der Waals surface area contributed by atoms with Crippen molar-refractivity contribution in [3.8, 4) is 0 Å². The number of aryl methyl sites for hydroxylation is 2. The maximum absolute atomic E-state index is 6.21. The zero-order valence-corrected chi connectivity index (χ0v) is 13.6. The lowest BCUT2D eigenvalue weighted by Crippen LogP contribution is -2.37. The minimum atomic E-state index is 0.198. The number of halogens is 1. The quantitative estimate of drug-likeness (QED) is 0.637. The van der Waals surface area contributed by atoms with E-state index in [0.717, 1.165) is 35.5 Å². The number of nitrogens with one attached hydrogen (secondary N) is 1. The molecule has 0 aliphatic heterocycles. The number of nitrogens with zero attached hydrogens (tertiary/aromatic N) is 2. The fourth-order valence-electron chi connectivity index (χ4n) is 2.67. The molecule has 3 N–H and O–H groups in total. The molecule has 0 spiro atoms. The third-order valence-electron chi connectivity index (χ3n) is 4.06. The topological polar surface area (TPSA) is 55.9 Å². The molecule has 0 saturated carbocycles. The third-order valence-corrected chi connectivity index (χ3v) is 4.43. The number of hydrogen-bond acceptors (Lipinski definition) is 3. The van der Waals surface area contributed by atoms with E-state index in [4.69, 9.17) is 17.4 Å². The van der Waals surface area contributed by atoms with Crippen molar-refractivity contribution < 1.29 is 0 Å².